The van der Waals surface area contributed by atoms with E-state index in [0.717, 1.165) is 13.0 Å². The van der Waals surface area contributed by atoms with Crippen molar-refractivity contribution in [3.05, 3.63) is 18.3 Å². The normalized spacial score (nSPS) is 22.5. The molecule has 0 radical (unpaired) electrons. The third-order valence-electron chi connectivity index (χ3n) is 3.26. The Bertz CT molecular complexity index is 410. The largest absolute Gasteiger partial charge is 0.378 e. The lowest BCUT2D eigenvalue weighted by Gasteiger charge is -2.22. The Kier molecular flexibility index (Phi) is 4.68. The molecule has 0 spiro atoms. The highest BCUT2D eigenvalue weighted by atomic mass is 16.5. The van der Waals surface area contributed by atoms with Crippen LogP contribution in [0.4, 0.5) is 10.6 Å². The molecule has 1 fully saturated rings. The van der Waals surface area contributed by atoms with Crippen LogP contribution in [0.3, 0.4) is 0 Å². The van der Waals surface area contributed by atoms with Gasteiger partial charge in [0.2, 0.25) is 0 Å². The number of nitrogens with one attached hydrogen (secondary N) is 2. The van der Waals surface area contributed by atoms with Crippen molar-refractivity contribution in [2.75, 3.05) is 18.5 Å². The van der Waals surface area contributed by atoms with Crippen LogP contribution in [-0.4, -0.2) is 35.5 Å². The molecule has 2 atom stereocenters. The van der Waals surface area contributed by atoms with Crippen LogP contribution in [0, 0.1) is 11.8 Å². The summed E-state index contributed by atoms with van der Waals surface area (Å²) >= 11 is 0. The summed E-state index contributed by atoms with van der Waals surface area (Å²) in [6.45, 7) is 5.68. The van der Waals surface area contributed by atoms with Gasteiger partial charge in [-0.3, -0.25) is 5.32 Å². The molecule has 2 rings (SSSR count). The first-order chi connectivity index (χ1) is 9.16. The predicted molar refractivity (Wildman–Crippen MR) is 71.7 cm³/mol. The van der Waals surface area contributed by atoms with Crippen molar-refractivity contribution in [2.45, 2.75) is 26.4 Å². The van der Waals surface area contributed by atoms with Gasteiger partial charge in [-0.05, 0) is 24.5 Å². The fourth-order valence-electron chi connectivity index (χ4n) is 2.36. The summed E-state index contributed by atoms with van der Waals surface area (Å²) in [6.07, 6.45) is 2.79. The van der Waals surface area contributed by atoms with Crippen LogP contribution in [0.1, 0.15) is 20.3 Å². The van der Waals surface area contributed by atoms with Crippen molar-refractivity contribution in [3.8, 4) is 0 Å². The third-order valence-corrected chi connectivity index (χ3v) is 3.26. The molecule has 1 saturated heterocycles. The van der Waals surface area contributed by atoms with Crippen LogP contribution >= 0.6 is 0 Å². The summed E-state index contributed by atoms with van der Waals surface area (Å²) in [5.74, 6) is 1.30. The van der Waals surface area contributed by atoms with E-state index in [-0.39, 0.29) is 12.1 Å². The summed E-state index contributed by atoms with van der Waals surface area (Å²) < 4.78 is 5.68. The molecular formula is C13H20N4O2. The Balaban J connectivity index is 1.77. The molecule has 2 N–H and O–H groups in total. The monoisotopic (exact) mass is 264 g/mol. The molecule has 104 valence electrons. The van der Waals surface area contributed by atoms with Gasteiger partial charge in [-0.2, -0.15) is 5.10 Å². The molecule has 0 aliphatic carbocycles. The standard InChI is InChI=1S/C13H20N4O2/c1-9(2)12-10(5-7-19-12)8-14-13(18)16-11-4-3-6-15-17-11/h3-4,6,9-10,12H,5,7-8H2,1-2H3,(H2,14,16,17,18)/t10-,12-/m1/s1. The van der Waals surface area contributed by atoms with E-state index in [4.69, 9.17) is 4.74 Å². The Morgan fingerprint density at radius 1 is 1.58 bits per heavy atom. The molecule has 0 bridgehead atoms. The van der Waals surface area contributed by atoms with Crippen molar-refractivity contribution < 1.29 is 9.53 Å². The Hall–Kier alpha value is -1.69. The minimum absolute atomic E-state index is 0.233. The van der Waals surface area contributed by atoms with Crippen molar-refractivity contribution in [1.29, 1.82) is 0 Å². The van der Waals surface area contributed by atoms with E-state index in [1.54, 1.807) is 18.3 Å². The second kappa shape index (κ2) is 6.47. The number of hydrogen-bond acceptors (Lipinski definition) is 4. The zero-order valence-electron chi connectivity index (χ0n) is 11.3. The predicted octanol–water partition coefficient (Wildman–Crippen LogP) is 1.66. The van der Waals surface area contributed by atoms with Gasteiger partial charge in [-0.15, -0.1) is 5.10 Å². The van der Waals surface area contributed by atoms with Crippen molar-refractivity contribution >= 4 is 11.8 Å². The van der Waals surface area contributed by atoms with Crippen LogP contribution < -0.4 is 10.6 Å². The molecule has 6 nitrogen and oxygen atoms in total. The van der Waals surface area contributed by atoms with Crippen LogP contribution in [0.15, 0.2) is 18.3 Å². The van der Waals surface area contributed by atoms with Crippen LogP contribution in [0.25, 0.3) is 0 Å². The maximum atomic E-state index is 11.7. The molecule has 0 unspecified atom stereocenters. The number of carbonyl (C=O) groups excluding carboxylic acids is 1. The highest BCUT2D eigenvalue weighted by Gasteiger charge is 2.30. The first-order valence-corrected chi connectivity index (χ1v) is 6.61. The van der Waals surface area contributed by atoms with Crippen LogP contribution in [0.2, 0.25) is 0 Å². The Morgan fingerprint density at radius 3 is 3.11 bits per heavy atom. The maximum Gasteiger partial charge on any atom is 0.320 e. The number of hydrogen-bond donors (Lipinski definition) is 2. The summed E-state index contributed by atoms with van der Waals surface area (Å²) in [5.41, 5.74) is 0. The number of urea groups is 1. The van der Waals surface area contributed by atoms with Gasteiger partial charge in [0, 0.05) is 25.3 Å². The lowest BCUT2D eigenvalue weighted by atomic mass is 9.93. The molecule has 2 heterocycles. The summed E-state index contributed by atoms with van der Waals surface area (Å²) in [4.78, 5) is 11.7. The topological polar surface area (TPSA) is 76.1 Å². The van der Waals surface area contributed by atoms with Crippen molar-refractivity contribution in [1.82, 2.24) is 15.5 Å². The average molecular weight is 264 g/mol. The molecule has 0 aromatic carbocycles. The minimum atomic E-state index is -0.255. The van der Waals surface area contributed by atoms with Gasteiger partial charge in [-0.1, -0.05) is 13.8 Å². The molecule has 1 aromatic rings. The van der Waals surface area contributed by atoms with Gasteiger partial charge < -0.3 is 10.1 Å². The van der Waals surface area contributed by atoms with Crippen LogP contribution in [0.5, 0.6) is 0 Å². The van der Waals surface area contributed by atoms with E-state index in [2.05, 4.69) is 34.7 Å². The zero-order chi connectivity index (χ0) is 13.7. The van der Waals surface area contributed by atoms with Crippen LogP contribution in [-0.2, 0) is 4.74 Å². The van der Waals surface area contributed by atoms with Gasteiger partial charge >= 0.3 is 6.03 Å². The number of carbonyl (C=O) groups is 1. The fourth-order valence-corrected chi connectivity index (χ4v) is 2.36. The van der Waals surface area contributed by atoms with E-state index in [0.29, 0.717) is 24.2 Å². The third kappa shape index (κ3) is 3.89. The number of nitrogens with zero attached hydrogens (tertiary/aromatic N) is 2. The van der Waals surface area contributed by atoms with Gasteiger partial charge in [0.25, 0.3) is 0 Å². The maximum absolute atomic E-state index is 11.7. The Labute approximate surface area is 112 Å². The first-order valence-electron chi connectivity index (χ1n) is 6.61. The molecule has 1 aliphatic rings. The molecular weight excluding hydrogens is 244 g/mol. The number of ether oxygens (including phenoxy) is 1. The molecule has 1 aliphatic heterocycles. The second-order valence-corrected chi connectivity index (χ2v) is 5.07. The van der Waals surface area contributed by atoms with E-state index < -0.39 is 0 Å². The number of rotatable bonds is 4. The highest BCUT2D eigenvalue weighted by Crippen LogP contribution is 2.25. The summed E-state index contributed by atoms with van der Waals surface area (Å²) in [5, 5.41) is 13.0. The SMILES string of the molecule is CC(C)[C@H]1OCC[C@@H]1CNC(=O)Nc1cccnn1. The Morgan fingerprint density at radius 2 is 2.42 bits per heavy atom. The average Bonchev–Trinajstić information content (AvgIpc) is 2.86. The summed E-state index contributed by atoms with van der Waals surface area (Å²) in [7, 11) is 0. The van der Waals surface area contributed by atoms with E-state index in [1.165, 1.54) is 0 Å². The zero-order valence-corrected chi connectivity index (χ0v) is 11.3. The minimum Gasteiger partial charge on any atom is -0.378 e. The van der Waals surface area contributed by atoms with Gasteiger partial charge in [-0.25, -0.2) is 4.79 Å². The van der Waals surface area contributed by atoms with E-state index >= 15 is 0 Å². The van der Waals surface area contributed by atoms with Gasteiger partial charge in [0.1, 0.15) is 0 Å². The lowest BCUT2D eigenvalue weighted by molar-refractivity contribution is 0.0546. The lowest BCUT2D eigenvalue weighted by Crippen LogP contribution is -2.37. The van der Waals surface area contributed by atoms with Gasteiger partial charge in [0.15, 0.2) is 5.82 Å². The number of aromatic nitrogens is 2. The number of amides is 2. The molecule has 19 heavy (non-hydrogen) atoms. The van der Waals surface area contributed by atoms with Crippen molar-refractivity contribution in [3.63, 3.8) is 0 Å². The quantitative estimate of drug-likeness (QED) is 0.867. The number of anilines is 1. The van der Waals surface area contributed by atoms with Gasteiger partial charge in [0.05, 0.1) is 6.10 Å². The smallest absolute Gasteiger partial charge is 0.320 e. The molecule has 2 amide bonds. The summed E-state index contributed by atoms with van der Waals surface area (Å²) in [6, 6.07) is 3.17. The van der Waals surface area contributed by atoms with E-state index in [1.807, 2.05) is 0 Å². The molecule has 6 heteroatoms. The first kappa shape index (κ1) is 13.7. The van der Waals surface area contributed by atoms with E-state index in [9.17, 15) is 4.79 Å². The fraction of sp³-hybridized carbons (Fsp3) is 0.615. The second-order valence-electron chi connectivity index (χ2n) is 5.07. The van der Waals surface area contributed by atoms with Crippen molar-refractivity contribution in [2.24, 2.45) is 11.8 Å². The molecule has 1 aromatic heterocycles. The molecule has 0 saturated carbocycles. The highest BCUT2D eigenvalue weighted by molar-refractivity contribution is 5.87.